The predicted octanol–water partition coefficient (Wildman–Crippen LogP) is 2.75. The number of β-amino-alcohol motifs (C(OH)–C–C–N with tert-alkyl or cyclic N) is 1. The van der Waals surface area contributed by atoms with Crippen molar-refractivity contribution in [3.05, 3.63) is 34.9 Å². The van der Waals surface area contributed by atoms with Crippen molar-refractivity contribution in [3.63, 3.8) is 0 Å². The highest BCUT2D eigenvalue weighted by molar-refractivity contribution is 6.30. The third-order valence-electron chi connectivity index (χ3n) is 4.52. The molecule has 1 saturated heterocycles. The molecule has 0 radical (unpaired) electrons. The van der Waals surface area contributed by atoms with Gasteiger partial charge < -0.3 is 10.0 Å². The second kappa shape index (κ2) is 4.74. The number of benzene rings is 1. The van der Waals surface area contributed by atoms with Crippen LogP contribution in [0.1, 0.15) is 38.2 Å². The molecule has 0 aromatic heterocycles. The molecule has 1 atom stereocenters. The number of amides is 1. The lowest BCUT2D eigenvalue weighted by atomic mass is 9.90. The van der Waals surface area contributed by atoms with Crippen LogP contribution in [0, 0.1) is 0 Å². The zero-order chi connectivity index (χ0) is 14.4. The maximum absolute atomic E-state index is 12.8. The molecule has 1 aliphatic heterocycles. The van der Waals surface area contributed by atoms with Crippen LogP contribution >= 0.6 is 11.6 Å². The van der Waals surface area contributed by atoms with Gasteiger partial charge in [0.25, 0.3) is 0 Å². The minimum absolute atomic E-state index is 0.166. The summed E-state index contributed by atoms with van der Waals surface area (Å²) >= 11 is 5.92. The van der Waals surface area contributed by atoms with Gasteiger partial charge in [-0.05, 0) is 50.3 Å². The molecule has 0 bridgehead atoms. The lowest BCUT2D eigenvalue weighted by Gasteiger charge is -2.38. The number of nitrogens with zero attached hydrogens (tertiary/aromatic N) is 1. The van der Waals surface area contributed by atoms with E-state index in [0.717, 1.165) is 37.8 Å². The number of likely N-dealkylation sites (tertiary alicyclic amines) is 1. The summed E-state index contributed by atoms with van der Waals surface area (Å²) in [4.78, 5) is 14.7. The molecule has 1 heterocycles. The van der Waals surface area contributed by atoms with Gasteiger partial charge in [-0.15, -0.1) is 0 Å². The van der Waals surface area contributed by atoms with Gasteiger partial charge in [0, 0.05) is 18.1 Å². The summed E-state index contributed by atoms with van der Waals surface area (Å²) in [6.45, 7) is 3.01. The van der Waals surface area contributed by atoms with Crippen LogP contribution in [-0.2, 0) is 10.2 Å². The Morgan fingerprint density at radius 2 is 1.90 bits per heavy atom. The van der Waals surface area contributed by atoms with Gasteiger partial charge in [-0.1, -0.05) is 23.7 Å². The van der Waals surface area contributed by atoms with E-state index in [1.54, 1.807) is 0 Å². The average molecular weight is 294 g/mol. The molecule has 1 amide bonds. The van der Waals surface area contributed by atoms with Gasteiger partial charge in [-0.25, -0.2) is 0 Å². The summed E-state index contributed by atoms with van der Waals surface area (Å²) in [6, 6.07) is 7.60. The highest BCUT2D eigenvalue weighted by Crippen LogP contribution is 2.50. The minimum Gasteiger partial charge on any atom is -0.388 e. The number of hydrogen-bond acceptors (Lipinski definition) is 2. The largest absolute Gasteiger partial charge is 0.388 e. The number of hydrogen-bond donors (Lipinski definition) is 1. The van der Waals surface area contributed by atoms with Gasteiger partial charge in [-0.2, -0.15) is 0 Å². The Morgan fingerprint density at radius 3 is 2.45 bits per heavy atom. The van der Waals surface area contributed by atoms with Crippen LogP contribution in [0.4, 0.5) is 0 Å². The highest BCUT2D eigenvalue weighted by atomic mass is 35.5. The summed E-state index contributed by atoms with van der Waals surface area (Å²) in [6.07, 6.45) is 3.43. The van der Waals surface area contributed by atoms with Gasteiger partial charge >= 0.3 is 0 Å². The number of carbonyl (C=O) groups is 1. The maximum atomic E-state index is 12.8. The Bertz CT molecular complexity index is 520. The Hall–Kier alpha value is -1.06. The second-order valence-electron chi connectivity index (χ2n) is 6.42. The quantitative estimate of drug-likeness (QED) is 0.911. The molecule has 20 heavy (non-hydrogen) atoms. The van der Waals surface area contributed by atoms with E-state index in [-0.39, 0.29) is 11.3 Å². The van der Waals surface area contributed by atoms with Gasteiger partial charge in [0.05, 0.1) is 11.0 Å². The standard InChI is InChI=1S/C16H20ClNO2/c1-15(20)7-2-10-18(11-15)14(19)16(8-9-16)12-3-5-13(17)6-4-12/h3-6,20H,2,7-11H2,1H3. The zero-order valence-electron chi connectivity index (χ0n) is 11.7. The van der Waals surface area contributed by atoms with Crippen LogP contribution in [0.25, 0.3) is 0 Å². The van der Waals surface area contributed by atoms with Crippen molar-refractivity contribution < 1.29 is 9.90 Å². The Balaban J connectivity index is 1.81. The molecule has 0 spiro atoms. The van der Waals surface area contributed by atoms with Gasteiger partial charge in [-0.3, -0.25) is 4.79 Å². The zero-order valence-corrected chi connectivity index (χ0v) is 12.5. The smallest absolute Gasteiger partial charge is 0.233 e. The lowest BCUT2D eigenvalue weighted by molar-refractivity contribution is -0.140. The molecular formula is C16H20ClNO2. The minimum atomic E-state index is -0.746. The van der Waals surface area contributed by atoms with Gasteiger partial charge in [0.15, 0.2) is 0 Å². The van der Waals surface area contributed by atoms with E-state index in [4.69, 9.17) is 11.6 Å². The number of carbonyl (C=O) groups excluding carboxylic acids is 1. The van der Waals surface area contributed by atoms with Crippen molar-refractivity contribution in [1.82, 2.24) is 4.90 Å². The van der Waals surface area contributed by atoms with Crippen molar-refractivity contribution in [2.24, 2.45) is 0 Å². The SMILES string of the molecule is CC1(O)CCCN(C(=O)C2(c3ccc(Cl)cc3)CC2)C1. The normalized spacial score (nSPS) is 28.2. The molecule has 108 valence electrons. The van der Waals surface area contributed by atoms with Crippen LogP contribution in [0.15, 0.2) is 24.3 Å². The first-order valence-electron chi connectivity index (χ1n) is 7.21. The van der Waals surface area contributed by atoms with E-state index in [9.17, 15) is 9.90 Å². The second-order valence-corrected chi connectivity index (χ2v) is 6.85. The number of aliphatic hydroxyl groups is 1. The van der Waals surface area contributed by atoms with E-state index in [0.29, 0.717) is 11.6 Å². The van der Waals surface area contributed by atoms with Crippen molar-refractivity contribution in [1.29, 1.82) is 0 Å². The van der Waals surface area contributed by atoms with Gasteiger partial charge in [0.2, 0.25) is 5.91 Å². The molecule has 3 rings (SSSR count). The van der Waals surface area contributed by atoms with E-state index in [2.05, 4.69) is 0 Å². The molecule has 2 aliphatic rings. The first-order chi connectivity index (χ1) is 9.43. The van der Waals surface area contributed by atoms with E-state index < -0.39 is 5.60 Å². The molecule has 2 fully saturated rings. The van der Waals surface area contributed by atoms with Crippen LogP contribution in [0.2, 0.25) is 5.02 Å². The number of halogens is 1. The molecule has 1 saturated carbocycles. The first-order valence-corrected chi connectivity index (χ1v) is 7.59. The molecule has 1 unspecified atom stereocenters. The van der Waals surface area contributed by atoms with Crippen molar-refractivity contribution in [2.75, 3.05) is 13.1 Å². The fourth-order valence-corrected chi connectivity index (χ4v) is 3.34. The molecule has 3 nitrogen and oxygen atoms in total. The fourth-order valence-electron chi connectivity index (χ4n) is 3.22. The van der Waals surface area contributed by atoms with Crippen LogP contribution < -0.4 is 0 Å². The fraction of sp³-hybridized carbons (Fsp3) is 0.562. The molecular weight excluding hydrogens is 274 g/mol. The summed E-state index contributed by atoms with van der Waals surface area (Å²) < 4.78 is 0. The third-order valence-corrected chi connectivity index (χ3v) is 4.77. The Labute approximate surface area is 124 Å². The Morgan fingerprint density at radius 1 is 1.25 bits per heavy atom. The number of piperidine rings is 1. The van der Waals surface area contributed by atoms with Crippen molar-refractivity contribution in [3.8, 4) is 0 Å². The maximum Gasteiger partial charge on any atom is 0.233 e. The van der Waals surface area contributed by atoms with E-state index in [1.807, 2.05) is 36.1 Å². The summed E-state index contributed by atoms with van der Waals surface area (Å²) in [5, 5.41) is 10.9. The highest BCUT2D eigenvalue weighted by Gasteiger charge is 2.53. The summed E-state index contributed by atoms with van der Waals surface area (Å²) in [5.74, 6) is 0.166. The number of rotatable bonds is 2. The van der Waals surface area contributed by atoms with E-state index in [1.165, 1.54) is 0 Å². The van der Waals surface area contributed by atoms with Gasteiger partial charge in [0.1, 0.15) is 0 Å². The van der Waals surface area contributed by atoms with Crippen LogP contribution in [0.5, 0.6) is 0 Å². The average Bonchev–Trinajstić information content (AvgIpc) is 3.19. The first kappa shape index (κ1) is 13.9. The van der Waals surface area contributed by atoms with Crippen LogP contribution in [-0.4, -0.2) is 34.6 Å². The molecule has 1 aromatic carbocycles. The van der Waals surface area contributed by atoms with E-state index >= 15 is 0 Å². The summed E-state index contributed by atoms with van der Waals surface area (Å²) in [5.41, 5.74) is -0.0562. The predicted molar refractivity (Wildman–Crippen MR) is 78.8 cm³/mol. The monoisotopic (exact) mass is 293 g/mol. The molecule has 1 aliphatic carbocycles. The van der Waals surface area contributed by atoms with Crippen molar-refractivity contribution >= 4 is 17.5 Å². The topological polar surface area (TPSA) is 40.5 Å². The lowest BCUT2D eigenvalue weighted by Crippen LogP contribution is -2.51. The molecule has 4 heteroatoms. The van der Waals surface area contributed by atoms with Crippen LogP contribution in [0.3, 0.4) is 0 Å². The Kier molecular flexibility index (Phi) is 3.30. The molecule has 1 N–H and O–H groups in total. The summed E-state index contributed by atoms with van der Waals surface area (Å²) in [7, 11) is 0. The van der Waals surface area contributed by atoms with Crippen molar-refractivity contribution in [2.45, 2.75) is 43.6 Å². The molecule has 1 aromatic rings. The third kappa shape index (κ3) is 2.45.